The number of hydrogen-bond donors (Lipinski definition) is 2. The lowest BCUT2D eigenvalue weighted by molar-refractivity contribution is -0.122. The third-order valence-corrected chi connectivity index (χ3v) is 13.8. The second kappa shape index (κ2) is 15.7. The van der Waals surface area contributed by atoms with Crippen LogP contribution in [0, 0.1) is 0 Å². The van der Waals surface area contributed by atoms with Crippen molar-refractivity contribution >= 4 is 77.2 Å². The second-order valence-electron chi connectivity index (χ2n) is 12.4. The monoisotopic (exact) mass is 702 g/mol. The molecular weight excluding hydrogens is 663 g/mol. The molecule has 11 heteroatoms. The summed E-state index contributed by atoms with van der Waals surface area (Å²) in [5.41, 5.74) is 1.67. The van der Waals surface area contributed by atoms with Crippen molar-refractivity contribution in [3.8, 4) is 0 Å². The lowest BCUT2D eigenvalue weighted by Crippen LogP contribution is -2.66. The number of amides is 3. The molecule has 1 unspecified atom stereocenters. The summed E-state index contributed by atoms with van der Waals surface area (Å²) >= 11 is 13.8. The maximum absolute atomic E-state index is 13.2. The number of likely N-dealkylation sites (N-methyl/N-ethyl adjacent to an activating group) is 1. The highest BCUT2D eigenvalue weighted by Gasteiger charge is 2.51. The van der Waals surface area contributed by atoms with Gasteiger partial charge in [-0.25, -0.2) is 4.98 Å². The summed E-state index contributed by atoms with van der Waals surface area (Å²) in [6.07, 6.45) is 3.85. The first-order valence-corrected chi connectivity index (χ1v) is 18.1. The molecule has 0 spiro atoms. The van der Waals surface area contributed by atoms with Gasteiger partial charge in [-0.2, -0.15) is 0 Å². The Morgan fingerprint density at radius 1 is 0.938 bits per heavy atom. The van der Waals surface area contributed by atoms with Crippen LogP contribution >= 0.6 is 23.2 Å². The molecule has 1 aromatic heterocycles. The largest absolute Gasteiger partial charge is 0.401 e. The van der Waals surface area contributed by atoms with Crippen LogP contribution in [0.1, 0.15) is 51.8 Å². The first-order chi connectivity index (χ1) is 22.7. The van der Waals surface area contributed by atoms with Crippen LogP contribution in [0.3, 0.4) is 0 Å². The number of carbonyl (C=O) groups excluding carboxylic acids is 3. The van der Waals surface area contributed by atoms with Crippen molar-refractivity contribution in [1.82, 2.24) is 10.3 Å². The third-order valence-electron chi connectivity index (χ3n) is 7.95. The van der Waals surface area contributed by atoms with E-state index in [0.717, 1.165) is 10.4 Å². The molecule has 4 aromatic rings. The number of anilines is 2. The fourth-order valence-corrected chi connectivity index (χ4v) is 11.1. The van der Waals surface area contributed by atoms with E-state index in [9.17, 15) is 14.4 Å². The molecule has 3 aromatic carbocycles. The summed E-state index contributed by atoms with van der Waals surface area (Å²) < 4.78 is 7.26. The number of nitrogens with one attached hydrogen (secondary N) is 2. The summed E-state index contributed by atoms with van der Waals surface area (Å²) in [6.45, 7) is 9.66. The minimum atomic E-state index is -2.95. The van der Waals surface area contributed by atoms with Gasteiger partial charge in [0.15, 0.2) is 0 Å². The number of pyridine rings is 1. The fraction of sp³-hybridized carbons (Fsp3) is 0.243. The second-order valence-corrected chi connectivity index (χ2v) is 17.4. The average molecular weight is 704 g/mol. The van der Waals surface area contributed by atoms with E-state index < -0.39 is 20.3 Å². The van der Waals surface area contributed by atoms with Gasteiger partial charge in [-0.1, -0.05) is 105 Å². The van der Waals surface area contributed by atoms with E-state index in [1.165, 1.54) is 24.1 Å². The molecule has 2 N–H and O–H groups in total. The number of halogens is 2. The molecule has 0 saturated heterocycles. The summed E-state index contributed by atoms with van der Waals surface area (Å²) in [5.74, 6) is -0.661. The van der Waals surface area contributed by atoms with Crippen LogP contribution in [-0.4, -0.2) is 44.6 Å². The molecule has 48 heavy (non-hydrogen) atoms. The van der Waals surface area contributed by atoms with Gasteiger partial charge in [-0.3, -0.25) is 14.4 Å². The highest BCUT2D eigenvalue weighted by Crippen LogP contribution is 2.44. The number of carbonyl (C=O) groups is 3. The molecule has 0 aliphatic rings. The van der Waals surface area contributed by atoms with Gasteiger partial charge in [0, 0.05) is 36.8 Å². The van der Waals surface area contributed by atoms with Crippen LogP contribution in [0.15, 0.2) is 97.2 Å². The van der Waals surface area contributed by atoms with Crippen molar-refractivity contribution in [2.24, 2.45) is 0 Å². The van der Waals surface area contributed by atoms with Gasteiger partial charge in [0.2, 0.25) is 17.7 Å². The number of benzene rings is 3. The quantitative estimate of drug-likeness (QED) is 0.133. The number of nitrogens with zero attached hydrogens (tertiary/aromatic N) is 2. The Hall–Kier alpha value is -4.28. The van der Waals surface area contributed by atoms with Gasteiger partial charge in [0.1, 0.15) is 5.82 Å². The van der Waals surface area contributed by atoms with Crippen LogP contribution in [-0.2, 0) is 18.8 Å². The van der Waals surface area contributed by atoms with Crippen molar-refractivity contribution < 1.29 is 18.8 Å². The number of aromatic nitrogens is 1. The maximum atomic E-state index is 13.2. The molecule has 0 saturated carbocycles. The number of rotatable bonds is 11. The lowest BCUT2D eigenvalue weighted by Gasteiger charge is -2.45. The van der Waals surface area contributed by atoms with Gasteiger partial charge in [-0.15, -0.1) is 0 Å². The van der Waals surface area contributed by atoms with Gasteiger partial charge in [0.05, 0.1) is 23.4 Å². The zero-order valence-corrected chi connectivity index (χ0v) is 30.4. The Morgan fingerprint density at radius 2 is 1.54 bits per heavy atom. The molecule has 0 aliphatic heterocycles. The summed E-state index contributed by atoms with van der Waals surface area (Å²) in [4.78, 5) is 42.4. The Bertz CT molecular complexity index is 1740. The minimum Gasteiger partial charge on any atom is -0.401 e. The van der Waals surface area contributed by atoms with Gasteiger partial charge >= 0.3 is 0 Å². The predicted molar refractivity (Wildman–Crippen MR) is 198 cm³/mol. The molecule has 1 heterocycles. The van der Waals surface area contributed by atoms with E-state index in [4.69, 9.17) is 27.6 Å². The topological polar surface area (TPSA) is 101 Å². The summed E-state index contributed by atoms with van der Waals surface area (Å²) in [5, 5.41) is 7.88. The van der Waals surface area contributed by atoms with E-state index in [1.54, 1.807) is 37.4 Å². The molecule has 8 nitrogen and oxygen atoms in total. The van der Waals surface area contributed by atoms with Gasteiger partial charge < -0.3 is 20.0 Å². The Balaban J connectivity index is 1.54. The van der Waals surface area contributed by atoms with E-state index in [2.05, 4.69) is 60.7 Å². The first-order valence-electron chi connectivity index (χ1n) is 15.5. The summed E-state index contributed by atoms with van der Waals surface area (Å²) in [7, 11) is -1.35. The normalized spacial score (nSPS) is 12.4. The van der Waals surface area contributed by atoms with Crippen LogP contribution < -0.4 is 25.9 Å². The van der Waals surface area contributed by atoms with Crippen LogP contribution in [0.2, 0.25) is 15.1 Å². The van der Waals surface area contributed by atoms with Crippen molar-refractivity contribution in [2.75, 3.05) is 23.8 Å². The minimum absolute atomic E-state index is 0.228. The van der Waals surface area contributed by atoms with Crippen molar-refractivity contribution in [3.05, 3.63) is 118 Å². The van der Waals surface area contributed by atoms with Crippen molar-refractivity contribution in [3.63, 3.8) is 0 Å². The molecule has 4 rings (SSSR count). The standard InChI is InChI=1S/C37H40Cl2N4O4Si/c1-25(47-48(37(3,4)5,28-13-9-7-10-14-28)29-15-11-8-12-16-29)35-30(38)19-20-31(36(35)39)43(6)34(46)24-41-33(45)22-18-27-17-21-32(40-23-27)42-26(2)44/h7-23,25H,24H2,1-6H3,(H,41,45)(H,40,42,44). The van der Waals surface area contributed by atoms with Gasteiger partial charge in [0.25, 0.3) is 8.32 Å². The highest BCUT2D eigenvalue weighted by atomic mass is 35.5. The Kier molecular flexibility index (Phi) is 12.0. The summed E-state index contributed by atoms with van der Waals surface area (Å²) in [6, 6.07) is 27.3. The fourth-order valence-electron chi connectivity index (χ4n) is 5.61. The molecule has 0 fully saturated rings. The molecule has 3 amide bonds. The van der Waals surface area contributed by atoms with E-state index in [0.29, 0.717) is 32.7 Å². The van der Waals surface area contributed by atoms with E-state index >= 15 is 0 Å². The molecule has 0 radical (unpaired) electrons. The SMILES string of the molecule is CC(=O)Nc1ccc(C=CC(=O)NCC(=O)N(C)c2ccc(Cl)c(C(C)O[Si](c3ccccc3)(c3ccccc3)C(C)(C)C)c2Cl)cn1. The van der Waals surface area contributed by atoms with E-state index in [1.807, 2.05) is 43.3 Å². The first kappa shape index (κ1) is 36.6. The van der Waals surface area contributed by atoms with Crippen LogP contribution in [0.5, 0.6) is 0 Å². The molecular formula is C37H40Cl2N4O4Si. The average Bonchev–Trinajstić information content (AvgIpc) is 3.05. The van der Waals surface area contributed by atoms with Crippen molar-refractivity contribution in [1.29, 1.82) is 0 Å². The smallest absolute Gasteiger partial charge is 0.261 e. The molecule has 0 bridgehead atoms. The molecule has 250 valence electrons. The van der Waals surface area contributed by atoms with Gasteiger partial charge in [-0.05, 0) is 58.2 Å². The zero-order chi connectivity index (χ0) is 35.1. The highest BCUT2D eigenvalue weighted by molar-refractivity contribution is 6.99. The zero-order valence-electron chi connectivity index (χ0n) is 27.9. The maximum Gasteiger partial charge on any atom is 0.261 e. The van der Waals surface area contributed by atoms with E-state index in [-0.39, 0.29) is 23.4 Å². The van der Waals surface area contributed by atoms with Crippen LogP contribution in [0.25, 0.3) is 6.08 Å². The van der Waals surface area contributed by atoms with Crippen LogP contribution in [0.4, 0.5) is 11.5 Å². The van der Waals surface area contributed by atoms with Crippen molar-refractivity contribution in [2.45, 2.75) is 45.8 Å². The Morgan fingerprint density at radius 3 is 2.06 bits per heavy atom. The predicted octanol–water partition coefficient (Wildman–Crippen LogP) is 6.78. The third kappa shape index (κ3) is 8.40. The lowest BCUT2D eigenvalue weighted by atomic mass is 10.1. The number of hydrogen-bond acceptors (Lipinski definition) is 5. The Labute approximate surface area is 293 Å². The molecule has 0 aliphatic carbocycles. The molecule has 1 atom stereocenters.